The second-order valence-corrected chi connectivity index (χ2v) is 3.82. The van der Waals surface area contributed by atoms with Gasteiger partial charge in [-0.2, -0.15) is 0 Å². The molecule has 1 saturated heterocycles. The summed E-state index contributed by atoms with van der Waals surface area (Å²) in [5.41, 5.74) is 0. The third-order valence-corrected chi connectivity index (χ3v) is 2.73. The van der Waals surface area contributed by atoms with E-state index in [1.807, 2.05) is 0 Å². The Labute approximate surface area is 94.2 Å². The van der Waals surface area contributed by atoms with Crippen molar-refractivity contribution in [2.45, 2.75) is 0 Å². The first kappa shape index (κ1) is 10.5. The standard InChI is InChI=1S/C10H14ClN3O/c1-15-8-6-9(11)10(13-7-8)14-4-2-12-3-5-14/h6-7,12H,2-5H2,1H3. The van der Waals surface area contributed by atoms with Crippen molar-refractivity contribution < 1.29 is 4.74 Å². The molecular formula is C10H14ClN3O. The molecule has 0 amide bonds. The zero-order chi connectivity index (χ0) is 10.7. The molecule has 0 aromatic carbocycles. The predicted molar refractivity (Wildman–Crippen MR) is 60.9 cm³/mol. The number of methoxy groups -OCH3 is 1. The van der Waals surface area contributed by atoms with Gasteiger partial charge in [0, 0.05) is 32.2 Å². The van der Waals surface area contributed by atoms with Crippen molar-refractivity contribution in [2.75, 3.05) is 38.2 Å². The van der Waals surface area contributed by atoms with Gasteiger partial charge in [0.15, 0.2) is 0 Å². The van der Waals surface area contributed by atoms with Crippen molar-refractivity contribution >= 4 is 17.4 Å². The second-order valence-electron chi connectivity index (χ2n) is 3.42. The van der Waals surface area contributed by atoms with Crippen LogP contribution in [0.25, 0.3) is 0 Å². The summed E-state index contributed by atoms with van der Waals surface area (Å²) in [5, 5.41) is 3.94. The van der Waals surface area contributed by atoms with E-state index in [4.69, 9.17) is 16.3 Å². The molecule has 5 heteroatoms. The fourth-order valence-electron chi connectivity index (χ4n) is 1.63. The molecule has 0 saturated carbocycles. The fraction of sp³-hybridized carbons (Fsp3) is 0.500. The Hall–Kier alpha value is -1.00. The molecule has 1 fully saturated rings. The molecule has 0 radical (unpaired) electrons. The monoisotopic (exact) mass is 227 g/mol. The molecule has 1 aromatic rings. The first-order valence-corrected chi connectivity index (χ1v) is 5.34. The maximum atomic E-state index is 6.14. The number of nitrogens with one attached hydrogen (secondary N) is 1. The number of nitrogens with zero attached hydrogens (tertiary/aromatic N) is 2. The van der Waals surface area contributed by atoms with Gasteiger partial charge in [-0.3, -0.25) is 0 Å². The van der Waals surface area contributed by atoms with Crippen LogP contribution in [-0.2, 0) is 0 Å². The van der Waals surface area contributed by atoms with Crippen LogP contribution in [-0.4, -0.2) is 38.3 Å². The highest BCUT2D eigenvalue weighted by Gasteiger charge is 2.15. The number of rotatable bonds is 2. The third-order valence-electron chi connectivity index (χ3n) is 2.45. The van der Waals surface area contributed by atoms with Crippen LogP contribution >= 0.6 is 11.6 Å². The lowest BCUT2D eigenvalue weighted by Crippen LogP contribution is -2.44. The van der Waals surface area contributed by atoms with Gasteiger partial charge in [-0.05, 0) is 0 Å². The lowest BCUT2D eigenvalue weighted by atomic mass is 10.3. The van der Waals surface area contributed by atoms with E-state index in [0.29, 0.717) is 10.8 Å². The van der Waals surface area contributed by atoms with Gasteiger partial charge in [-0.15, -0.1) is 0 Å². The van der Waals surface area contributed by atoms with E-state index in [0.717, 1.165) is 32.0 Å². The van der Waals surface area contributed by atoms with E-state index < -0.39 is 0 Å². The molecule has 15 heavy (non-hydrogen) atoms. The zero-order valence-corrected chi connectivity index (χ0v) is 9.42. The van der Waals surface area contributed by atoms with Crippen molar-refractivity contribution in [2.24, 2.45) is 0 Å². The molecule has 1 aliphatic heterocycles. The van der Waals surface area contributed by atoms with Crippen LogP contribution in [0.1, 0.15) is 0 Å². The maximum absolute atomic E-state index is 6.14. The van der Waals surface area contributed by atoms with Gasteiger partial charge in [0.2, 0.25) is 0 Å². The quantitative estimate of drug-likeness (QED) is 0.823. The second kappa shape index (κ2) is 4.68. The summed E-state index contributed by atoms with van der Waals surface area (Å²) in [6.45, 7) is 3.84. The van der Waals surface area contributed by atoms with Crippen molar-refractivity contribution in [3.8, 4) is 5.75 Å². The van der Waals surface area contributed by atoms with Crippen molar-refractivity contribution in [1.29, 1.82) is 0 Å². The molecule has 0 spiro atoms. The summed E-state index contributed by atoms with van der Waals surface area (Å²) in [4.78, 5) is 6.49. The Morgan fingerprint density at radius 3 is 2.80 bits per heavy atom. The SMILES string of the molecule is COc1cnc(N2CCNCC2)c(Cl)c1. The van der Waals surface area contributed by atoms with Crippen molar-refractivity contribution in [1.82, 2.24) is 10.3 Å². The molecule has 82 valence electrons. The molecule has 0 aliphatic carbocycles. The average Bonchev–Trinajstić information content (AvgIpc) is 2.30. The van der Waals surface area contributed by atoms with Crippen molar-refractivity contribution in [3.05, 3.63) is 17.3 Å². The number of aromatic nitrogens is 1. The van der Waals surface area contributed by atoms with E-state index in [-0.39, 0.29) is 0 Å². The highest BCUT2D eigenvalue weighted by atomic mass is 35.5. The summed E-state index contributed by atoms with van der Waals surface area (Å²) in [6.07, 6.45) is 1.70. The van der Waals surface area contributed by atoms with Crippen LogP contribution in [0.2, 0.25) is 5.02 Å². The van der Waals surface area contributed by atoms with Crippen LogP contribution in [0.15, 0.2) is 12.3 Å². The molecule has 1 aromatic heterocycles. The molecule has 2 rings (SSSR count). The van der Waals surface area contributed by atoms with E-state index in [1.54, 1.807) is 19.4 Å². The maximum Gasteiger partial charge on any atom is 0.147 e. The van der Waals surface area contributed by atoms with E-state index in [1.165, 1.54) is 0 Å². The van der Waals surface area contributed by atoms with Gasteiger partial charge < -0.3 is 15.0 Å². The molecule has 4 nitrogen and oxygen atoms in total. The molecule has 2 heterocycles. The zero-order valence-electron chi connectivity index (χ0n) is 8.66. The minimum absolute atomic E-state index is 0.649. The Morgan fingerprint density at radius 2 is 2.20 bits per heavy atom. The van der Waals surface area contributed by atoms with Crippen LogP contribution in [0.4, 0.5) is 5.82 Å². The number of hydrogen-bond donors (Lipinski definition) is 1. The minimum Gasteiger partial charge on any atom is -0.495 e. The fourth-order valence-corrected chi connectivity index (χ4v) is 1.91. The lowest BCUT2D eigenvalue weighted by Gasteiger charge is -2.29. The van der Waals surface area contributed by atoms with E-state index in [9.17, 15) is 0 Å². The van der Waals surface area contributed by atoms with Crippen LogP contribution in [0.3, 0.4) is 0 Å². The summed E-state index contributed by atoms with van der Waals surface area (Å²) in [5.74, 6) is 1.54. The minimum atomic E-state index is 0.649. The summed E-state index contributed by atoms with van der Waals surface area (Å²) < 4.78 is 5.06. The number of hydrogen-bond acceptors (Lipinski definition) is 4. The largest absolute Gasteiger partial charge is 0.495 e. The Kier molecular flexibility index (Phi) is 3.28. The molecular weight excluding hydrogens is 214 g/mol. The van der Waals surface area contributed by atoms with Crippen LogP contribution in [0.5, 0.6) is 5.75 Å². The summed E-state index contributed by atoms with van der Waals surface area (Å²) >= 11 is 6.14. The smallest absolute Gasteiger partial charge is 0.147 e. The molecule has 1 N–H and O–H groups in total. The van der Waals surface area contributed by atoms with E-state index >= 15 is 0 Å². The van der Waals surface area contributed by atoms with Gasteiger partial charge in [0.1, 0.15) is 11.6 Å². The molecule has 0 atom stereocenters. The summed E-state index contributed by atoms with van der Waals surface area (Å²) in [7, 11) is 1.61. The number of ether oxygens (including phenoxy) is 1. The highest BCUT2D eigenvalue weighted by molar-refractivity contribution is 6.33. The summed E-state index contributed by atoms with van der Waals surface area (Å²) in [6, 6.07) is 1.80. The van der Waals surface area contributed by atoms with Gasteiger partial charge in [-0.1, -0.05) is 11.6 Å². The Morgan fingerprint density at radius 1 is 1.47 bits per heavy atom. The number of piperazine rings is 1. The number of pyridine rings is 1. The molecule has 1 aliphatic rings. The topological polar surface area (TPSA) is 37.4 Å². The molecule has 0 bridgehead atoms. The number of anilines is 1. The normalized spacial score (nSPS) is 16.5. The van der Waals surface area contributed by atoms with Gasteiger partial charge >= 0.3 is 0 Å². The average molecular weight is 228 g/mol. The number of halogens is 1. The Bertz CT molecular complexity index is 339. The first-order chi connectivity index (χ1) is 7.31. The van der Waals surface area contributed by atoms with Crippen LogP contribution < -0.4 is 15.0 Å². The van der Waals surface area contributed by atoms with Gasteiger partial charge in [0.25, 0.3) is 0 Å². The first-order valence-electron chi connectivity index (χ1n) is 4.96. The van der Waals surface area contributed by atoms with E-state index in [2.05, 4.69) is 15.2 Å². The third kappa shape index (κ3) is 2.33. The van der Waals surface area contributed by atoms with Crippen LogP contribution in [0, 0.1) is 0 Å². The highest BCUT2D eigenvalue weighted by Crippen LogP contribution is 2.26. The lowest BCUT2D eigenvalue weighted by molar-refractivity contribution is 0.413. The Balaban J connectivity index is 2.19. The van der Waals surface area contributed by atoms with Gasteiger partial charge in [0.05, 0.1) is 18.3 Å². The molecule has 0 unspecified atom stereocenters. The van der Waals surface area contributed by atoms with Crippen molar-refractivity contribution in [3.63, 3.8) is 0 Å². The predicted octanol–water partition coefficient (Wildman–Crippen LogP) is 1.15. The van der Waals surface area contributed by atoms with Gasteiger partial charge in [-0.25, -0.2) is 4.98 Å².